The molecule has 1 fully saturated rings. The Labute approximate surface area is 136 Å². The molecule has 1 aromatic rings. The Bertz CT molecular complexity index is 530. The van der Waals surface area contributed by atoms with Gasteiger partial charge in [-0.15, -0.1) is 0 Å². The van der Waals surface area contributed by atoms with E-state index in [2.05, 4.69) is 5.32 Å². The first-order valence-electron chi connectivity index (χ1n) is 7.73. The number of halogens is 1. The predicted molar refractivity (Wildman–Crippen MR) is 86.7 cm³/mol. The molecule has 128 valence electrons. The van der Waals surface area contributed by atoms with Gasteiger partial charge in [0.15, 0.2) is 0 Å². The van der Waals surface area contributed by atoms with E-state index in [9.17, 15) is 14.3 Å². The van der Waals surface area contributed by atoms with Gasteiger partial charge in [-0.05, 0) is 45.0 Å². The fourth-order valence-corrected chi connectivity index (χ4v) is 2.47. The standard InChI is InChI=1S/C17H25FN2O3/c1-16(2,3)20(9-17(10-21)11-23-12-17)8-15(22)19-14-6-4-13(18)5-7-14/h4-7,21H,8-12H2,1-3H3,(H,19,22). The van der Waals surface area contributed by atoms with E-state index in [0.717, 1.165) is 0 Å². The summed E-state index contributed by atoms with van der Waals surface area (Å²) in [5.41, 5.74) is 0.0514. The molecule has 1 aliphatic heterocycles. The minimum atomic E-state index is -0.339. The molecule has 6 heteroatoms. The maximum Gasteiger partial charge on any atom is 0.238 e. The highest BCUT2D eigenvalue weighted by Gasteiger charge is 2.42. The fourth-order valence-electron chi connectivity index (χ4n) is 2.47. The van der Waals surface area contributed by atoms with E-state index in [0.29, 0.717) is 25.4 Å². The molecule has 2 N–H and O–H groups in total. The van der Waals surface area contributed by atoms with Gasteiger partial charge in [-0.3, -0.25) is 9.69 Å². The molecular formula is C17H25FN2O3. The van der Waals surface area contributed by atoms with E-state index >= 15 is 0 Å². The minimum absolute atomic E-state index is 0.0408. The fraction of sp³-hybridized carbons (Fsp3) is 0.588. The maximum absolute atomic E-state index is 12.9. The lowest BCUT2D eigenvalue weighted by Crippen LogP contribution is -2.58. The van der Waals surface area contributed by atoms with E-state index in [1.807, 2.05) is 25.7 Å². The van der Waals surface area contributed by atoms with Crippen LogP contribution < -0.4 is 5.32 Å². The molecule has 0 saturated carbocycles. The first-order valence-corrected chi connectivity index (χ1v) is 7.73. The second-order valence-corrected chi connectivity index (χ2v) is 7.23. The van der Waals surface area contributed by atoms with E-state index < -0.39 is 0 Å². The third-order valence-electron chi connectivity index (χ3n) is 4.09. The van der Waals surface area contributed by atoms with Gasteiger partial charge < -0.3 is 15.2 Å². The van der Waals surface area contributed by atoms with Crippen LogP contribution in [0.2, 0.25) is 0 Å². The Kier molecular flexibility index (Phi) is 5.39. The number of benzene rings is 1. The van der Waals surface area contributed by atoms with Crippen LogP contribution in [-0.2, 0) is 9.53 Å². The van der Waals surface area contributed by atoms with Crippen molar-refractivity contribution in [3.05, 3.63) is 30.1 Å². The lowest BCUT2D eigenvalue weighted by atomic mass is 9.85. The van der Waals surface area contributed by atoms with Gasteiger partial charge >= 0.3 is 0 Å². The number of carbonyl (C=O) groups is 1. The quantitative estimate of drug-likeness (QED) is 0.839. The number of rotatable bonds is 6. The van der Waals surface area contributed by atoms with Crippen LogP contribution in [0.1, 0.15) is 20.8 Å². The molecular weight excluding hydrogens is 299 g/mol. The summed E-state index contributed by atoms with van der Waals surface area (Å²) in [6, 6.07) is 5.68. The molecule has 0 spiro atoms. The number of aliphatic hydroxyl groups excluding tert-OH is 1. The normalized spacial score (nSPS) is 17.0. The summed E-state index contributed by atoms with van der Waals surface area (Å²) >= 11 is 0. The van der Waals surface area contributed by atoms with Crippen LogP contribution in [0.4, 0.5) is 10.1 Å². The summed E-state index contributed by atoms with van der Waals surface area (Å²) in [6.45, 7) is 7.94. The topological polar surface area (TPSA) is 61.8 Å². The van der Waals surface area contributed by atoms with Crippen molar-refractivity contribution in [3.63, 3.8) is 0 Å². The van der Waals surface area contributed by atoms with E-state index in [1.165, 1.54) is 24.3 Å². The van der Waals surface area contributed by atoms with Gasteiger partial charge in [-0.1, -0.05) is 0 Å². The van der Waals surface area contributed by atoms with Crippen LogP contribution in [-0.4, -0.2) is 54.4 Å². The zero-order valence-electron chi connectivity index (χ0n) is 13.9. The predicted octanol–water partition coefficient (Wildman–Crippen LogP) is 1.87. The van der Waals surface area contributed by atoms with Gasteiger partial charge in [0.05, 0.1) is 31.8 Å². The van der Waals surface area contributed by atoms with Gasteiger partial charge in [0.2, 0.25) is 5.91 Å². The number of amides is 1. The molecule has 1 aromatic carbocycles. The van der Waals surface area contributed by atoms with Crippen molar-refractivity contribution in [3.8, 4) is 0 Å². The molecule has 2 rings (SSSR count). The number of nitrogens with zero attached hydrogens (tertiary/aromatic N) is 1. The van der Waals surface area contributed by atoms with Gasteiger partial charge in [0.25, 0.3) is 0 Å². The molecule has 1 amide bonds. The molecule has 0 radical (unpaired) electrons. The van der Waals surface area contributed by atoms with Gasteiger partial charge in [-0.25, -0.2) is 4.39 Å². The summed E-state index contributed by atoms with van der Waals surface area (Å²) in [7, 11) is 0. The SMILES string of the molecule is CC(C)(C)N(CC(=O)Nc1ccc(F)cc1)CC1(CO)COC1. The average molecular weight is 324 g/mol. The van der Waals surface area contributed by atoms with Gasteiger partial charge in [0, 0.05) is 17.8 Å². The number of nitrogens with one attached hydrogen (secondary N) is 1. The van der Waals surface area contributed by atoms with Crippen molar-refractivity contribution < 1.29 is 19.0 Å². The summed E-state index contributed by atoms with van der Waals surface area (Å²) in [5.74, 6) is -0.506. The Hall–Kier alpha value is -1.50. The first-order chi connectivity index (χ1) is 10.7. The molecule has 0 bridgehead atoms. The number of hydrogen-bond acceptors (Lipinski definition) is 4. The zero-order valence-corrected chi connectivity index (χ0v) is 13.9. The Morgan fingerprint density at radius 1 is 1.35 bits per heavy atom. The molecule has 1 saturated heterocycles. The molecule has 0 aromatic heterocycles. The Balaban J connectivity index is 1.99. The van der Waals surface area contributed by atoms with Crippen LogP contribution in [0.5, 0.6) is 0 Å². The van der Waals surface area contributed by atoms with Crippen molar-refractivity contribution in [2.75, 3.05) is 38.2 Å². The minimum Gasteiger partial charge on any atom is -0.396 e. The highest BCUT2D eigenvalue weighted by molar-refractivity contribution is 5.92. The zero-order chi connectivity index (χ0) is 17.1. The molecule has 1 aliphatic rings. The smallest absolute Gasteiger partial charge is 0.238 e. The van der Waals surface area contributed by atoms with Crippen molar-refractivity contribution in [2.45, 2.75) is 26.3 Å². The van der Waals surface area contributed by atoms with Crippen molar-refractivity contribution >= 4 is 11.6 Å². The summed E-state index contributed by atoms with van der Waals surface area (Å²) < 4.78 is 18.1. The second-order valence-electron chi connectivity index (χ2n) is 7.23. The molecule has 5 nitrogen and oxygen atoms in total. The van der Waals surface area contributed by atoms with E-state index in [4.69, 9.17) is 4.74 Å². The van der Waals surface area contributed by atoms with Crippen LogP contribution in [0.15, 0.2) is 24.3 Å². The largest absolute Gasteiger partial charge is 0.396 e. The lowest BCUT2D eigenvalue weighted by Gasteiger charge is -2.46. The maximum atomic E-state index is 12.9. The third kappa shape index (κ3) is 4.73. The van der Waals surface area contributed by atoms with Crippen LogP contribution >= 0.6 is 0 Å². The summed E-state index contributed by atoms with van der Waals surface area (Å²) in [4.78, 5) is 14.3. The molecule has 0 aliphatic carbocycles. The average Bonchev–Trinajstić information content (AvgIpc) is 2.43. The summed E-state index contributed by atoms with van der Waals surface area (Å²) in [6.07, 6.45) is 0. The number of ether oxygens (including phenoxy) is 1. The van der Waals surface area contributed by atoms with Crippen molar-refractivity contribution in [1.29, 1.82) is 0 Å². The Morgan fingerprint density at radius 2 is 1.96 bits per heavy atom. The van der Waals surface area contributed by atoms with Crippen LogP contribution in [0, 0.1) is 11.2 Å². The van der Waals surface area contributed by atoms with E-state index in [-0.39, 0.29) is 35.8 Å². The number of aliphatic hydroxyl groups is 1. The highest BCUT2D eigenvalue weighted by Crippen LogP contribution is 2.30. The highest BCUT2D eigenvalue weighted by atomic mass is 19.1. The number of hydrogen-bond donors (Lipinski definition) is 2. The molecule has 0 atom stereocenters. The number of carbonyl (C=O) groups excluding carboxylic acids is 1. The van der Waals surface area contributed by atoms with Crippen LogP contribution in [0.3, 0.4) is 0 Å². The first kappa shape index (κ1) is 17.8. The number of anilines is 1. The third-order valence-corrected chi connectivity index (χ3v) is 4.09. The van der Waals surface area contributed by atoms with Gasteiger partial charge in [-0.2, -0.15) is 0 Å². The Morgan fingerprint density at radius 3 is 2.39 bits per heavy atom. The second kappa shape index (κ2) is 6.95. The van der Waals surface area contributed by atoms with Crippen molar-refractivity contribution in [1.82, 2.24) is 4.90 Å². The van der Waals surface area contributed by atoms with E-state index in [1.54, 1.807) is 0 Å². The van der Waals surface area contributed by atoms with Gasteiger partial charge in [0.1, 0.15) is 5.82 Å². The molecule has 1 heterocycles. The lowest BCUT2D eigenvalue weighted by molar-refractivity contribution is -0.157. The molecule has 0 unspecified atom stereocenters. The summed E-state index contributed by atoms with van der Waals surface area (Å²) in [5, 5.41) is 12.4. The monoisotopic (exact) mass is 324 g/mol. The molecule has 23 heavy (non-hydrogen) atoms. The van der Waals surface area contributed by atoms with Crippen molar-refractivity contribution in [2.24, 2.45) is 5.41 Å². The van der Waals surface area contributed by atoms with Crippen LogP contribution in [0.25, 0.3) is 0 Å².